The zero-order valence-electron chi connectivity index (χ0n) is 15.8. The maximum Gasteiger partial charge on any atom is 0.341 e. The van der Waals surface area contributed by atoms with E-state index in [-0.39, 0.29) is 33.7 Å². The zero-order chi connectivity index (χ0) is 20.8. The number of primary amides is 1. The molecule has 0 fully saturated rings. The molecule has 0 spiro atoms. The molecule has 0 saturated carbocycles. The van der Waals surface area contributed by atoms with Crippen LogP contribution in [0.2, 0.25) is 0 Å². The Hall–Kier alpha value is -2.66. The summed E-state index contributed by atoms with van der Waals surface area (Å²) in [7, 11) is 0. The van der Waals surface area contributed by atoms with Gasteiger partial charge in [0.2, 0.25) is 5.91 Å². The Labute approximate surface area is 170 Å². The molecule has 0 atom stereocenters. The van der Waals surface area contributed by atoms with Crippen LogP contribution < -0.4 is 11.1 Å². The number of anilines is 1. The Morgan fingerprint density at radius 3 is 2.68 bits per heavy atom. The fourth-order valence-corrected chi connectivity index (χ4v) is 4.24. The van der Waals surface area contributed by atoms with Gasteiger partial charge in [0.1, 0.15) is 10.8 Å². The molecule has 0 bridgehead atoms. The number of thiophene rings is 1. The third-order valence-corrected chi connectivity index (χ3v) is 5.84. The summed E-state index contributed by atoms with van der Waals surface area (Å²) in [6.07, 6.45) is 1.71. The number of rotatable bonds is 9. The number of carbonyl (C=O) groups excluding carboxylic acids is 3. The van der Waals surface area contributed by atoms with Crippen LogP contribution in [0.15, 0.2) is 17.8 Å². The minimum atomic E-state index is -0.670. The summed E-state index contributed by atoms with van der Waals surface area (Å²) in [5, 5.41) is 11.5. The highest BCUT2D eigenvalue weighted by molar-refractivity contribution is 7.99. The van der Waals surface area contributed by atoms with E-state index in [9.17, 15) is 14.4 Å². The predicted molar refractivity (Wildman–Crippen MR) is 108 cm³/mol. The van der Waals surface area contributed by atoms with Gasteiger partial charge in [0.05, 0.1) is 22.8 Å². The van der Waals surface area contributed by atoms with Crippen LogP contribution in [0.1, 0.15) is 38.3 Å². The van der Waals surface area contributed by atoms with Gasteiger partial charge in [-0.2, -0.15) is 0 Å². The number of nitrogens with one attached hydrogen (secondary N) is 1. The molecule has 0 aliphatic carbocycles. The second kappa shape index (κ2) is 9.51. The van der Waals surface area contributed by atoms with Crippen LogP contribution in [0.25, 0.3) is 0 Å². The minimum Gasteiger partial charge on any atom is -0.462 e. The summed E-state index contributed by atoms with van der Waals surface area (Å²) in [5.74, 6) is -0.893. The summed E-state index contributed by atoms with van der Waals surface area (Å²) in [4.78, 5) is 36.5. The van der Waals surface area contributed by atoms with Crippen molar-refractivity contribution >= 4 is 45.9 Å². The van der Waals surface area contributed by atoms with Gasteiger partial charge in [-0.1, -0.05) is 17.8 Å². The Balaban J connectivity index is 2.17. The summed E-state index contributed by atoms with van der Waals surface area (Å²) >= 11 is 2.15. The summed E-state index contributed by atoms with van der Waals surface area (Å²) in [5.41, 5.74) is 5.89. The average molecular weight is 424 g/mol. The predicted octanol–water partition coefficient (Wildman–Crippen LogP) is 2.15. The van der Waals surface area contributed by atoms with Crippen molar-refractivity contribution in [3.05, 3.63) is 34.5 Å². The minimum absolute atomic E-state index is 0.0421. The number of esters is 1. The number of nitrogens with zero attached hydrogens (tertiary/aromatic N) is 3. The first-order chi connectivity index (χ1) is 13.3. The van der Waals surface area contributed by atoms with Gasteiger partial charge in [0, 0.05) is 6.54 Å². The molecular weight excluding hydrogens is 402 g/mol. The molecule has 0 unspecified atom stereocenters. The quantitative estimate of drug-likeness (QED) is 0.359. The van der Waals surface area contributed by atoms with Crippen molar-refractivity contribution in [2.24, 2.45) is 5.73 Å². The van der Waals surface area contributed by atoms with Crippen LogP contribution in [-0.2, 0) is 16.1 Å². The molecule has 0 aliphatic rings. The molecule has 0 radical (unpaired) electrons. The summed E-state index contributed by atoms with van der Waals surface area (Å²) < 4.78 is 6.86. The standard InChI is InChI=1S/C17H21N5O4S2/c1-5-7-22-10(4)20-21-17(22)27-8-11(23)19-15-12(16(25)26-6-2)9(3)13(28-15)14(18)24/h5H,1,6-8H2,2-4H3,(H2,18,24)(H,19,23). The number of allylic oxidation sites excluding steroid dienone is 1. The molecule has 9 nitrogen and oxygen atoms in total. The van der Waals surface area contributed by atoms with Gasteiger partial charge in [-0.25, -0.2) is 4.79 Å². The number of thioether (sulfide) groups is 1. The number of aryl methyl sites for hydroxylation is 1. The first kappa shape index (κ1) is 21.6. The summed E-state index contributed by atoms with van der Waals surface area (Å²) in [6, 6.07) is 0. The van der Waals surface area contributed by atoms with Gasteiger partial charge in [-0.3, -0.25) is 9.59 Å². The third kappa shape index (κ3) is 4.78. The largest absolute Gasteiger partial charge is 0.462 e. The van der Waals surface area contributed by atoms with E-state index in [2.05, 4.69) is 22.1 Å². The number of hydrogen-bond donors (Lipinski definition) is 2. The van der Waals surface area contributed by atoms with E-state index < -0.39 is 11.9 Å². The lowest BCUT2D eigenvalue weighted by Crippen LogP contribution is -2.17. The van der Waals surface area contributed by atoms with E-state index in [1.54, 1.807) is 19.9 Å². The molecule has 0 aliphatic heterocycles. The van der Waals surface area contributed by atoms with Crippen molar-refractivity contribution in [3.63, 3.8) is 0 Å². The van der Waals surface area contributed by atoms with E-state index in [4.69, 9.17) is 10.5 Å². The average Bonchev–Trinajstić information content (AvgIpc) is 3.14. The topological polar surface area (TPSA) is 129 Å². The lowest BCUT2D eigenvalue weighted by Gasteiger charge is -2.07. The van der Waals surface area contributed by atoms with Gasteiger partial charge >= 0.3 is 5.97 Å². The monoisotopic (exact) mass is 423 g/mol. The highest BCUT2D eigenvalue weighted by Gasteiger charge is 2.25. The van der Waals surface area contributed by atoms with Crippen molar-refractivity contribution in [2.45, 2.75) is 32.5 Å². The zero-order valence-corrected chi connectivity index (χ0v) is 17.4. The van der Waals surface area contributed by atoms with Crippen LogP contribution in [0.3, 0.4) is 0 Å². The third-order valence-electron chi connectivity index (χ3n) is 3.65. The number of nitrogens with two attached hydrogens (primary N) is 1. The van der Waals surface area contributed by atoms with Crippen molar-refractivity contribution in [2.75, 3.05) is 17.7 Å². The maximum atomic E-state index is 12.4. The Morgan fingerprint density at radius 2 is 2.07 bits per heavy atom. The first-order valence-electron chi connectivity index (χ1n) is 8.33. The van der Waals surface area contributed by atoms with Crippen LogP contribution in [0, 0.1) is 13.8 Å². The van der Waals surface area contributed by atoms with E-state index in [0.29, 0.717) is 23.1 Å². The first-order valence-corrected chi connectivity index (χ1v) is 10.1. The van der Waals surface area contributed by atoms with Crippen LogP contribution in [0.4, 0.5) is 5.00 Å². The molecule has 0 saturated heterocycles. The van der Waals surface area contributed by atoms with Crippen LogP contribution in [0.5, 0.6) is 0 Å². The van der Waals surface area contributed by atoms with Crippen molar-refractivity contribution < 1.29 is 19.1 Å². The molecule has 2 aromatic heterocycles. The SMILES string of the molecule is C=CCn1c(C)nnc1SCC(=O)Nc1sc(C(N)=O)c(C)c1C(=O)OCC. The molecule has 2 amide bonds. The van der Waals surface area contributed by atoms with Gasteiger partial charge in [-0.15, -0.1) is 28.1 Å². The number of aromatic nitrogens is 3. The normalized spacial score (nSPS) is 10.5. The molecule has 150 valence electrons. The van der Waals surface area contributed by atoms with Crippen LogP contribution >= 0.6 is 23.1 Å². The molecule has 3 N–H and O–H groups in total. The lowest BCUT2D eigenvalue weighted by molar-refractivity contribution is -0.113. The van der Waals surface area contributed by atoms with E-state index >= 15 is 0 Å². The Bertz CT molecular complexity index is 919. The highest BCUT2D eigenvalue weighted by Crippen LogP contribution is 2.33. The Kier molecular flexibility index (Phi) is 7.35. The molecule has 0 aromatic carbocycles. The van der Waals surface area contributed by atoms with Gasteiger partial charge in [-0.05, 0) is 26.3 Å². The number of hydrogen-bond acceptors (Lipinski definition) is 8. The molecule has 2 rings (SSSR count). The fraction of sp³-hybridized carbons (Fsp3) is 0.353. The van der Waals surface area contributed by atoms with E-state index in [0.717, 1.165) is 11.3 Å². The van der Waals surface area contributed by atoms with E-state index in [1.165, 1.54) is 11.8 Å². The number of ether oxygens (including phenoxy) is 1. The molecule has 2 heterocycles. The highest BCUT2D eigenvalue weighted by atomic mass is 32.2. The smallest absolute Gasteiger partial charge is 0.341 e. The fourth-order valence-electron chi connectivity index (χ4n) is 2.39. The molecule has 2 aromatic rings. The molecule has 11 heteroatoms. The van der Waals surface area contributed by atoms with Crippen LogP contribution in [-0.4, -0.2) is 44.9 Å². The van der Waals surface area contributed by atoms with Gasteiger partial charge in [0.25, 0.3) is 5.91 Å². The van der Waals surface area contributed by atoms with E-state index in [1.807, 2.05) is 11.5 Å². The second-order valence-electron chi connectivity index (χ2n) is 5.61. The van der Waals surface area contributed by atoms with Gasteiger partial charge < -0.3 is 20.4 Å². The van der Waals surface area contributed by atoms with Gasteiger partial charge in [0.15, 0.2) is 5.16 Å². The molecule has 28 heavy (non-hydrogen) atoms. The Morgan fingerprint density at radius 1 is 1.36 bits per heavy atom. The second-order valence-corrected chi connectivity index (χ2v) is 7.57. The number of carbonyl (C=O) groups is 3. The molecular formula is C17H21N5O4S2. The maximum absolute atomic E-state index is 12.4. The summed E-state index contributed by atoms with van der Waals surface area (Å²) in [6.45, 7) is 9.46. The van der Waals surface area contributed by atoms with Crippen molar-refractivity contribution in [3.8, 4) is 0 Å². The number of amides is 2. The van der Waals surface area contributed by atoms with Crippen molar-refractivity contribution in [1.29, 1.82) is 0 Å². The lowest BCUT2D eigenvalue weighted by atomic mass is 10.1. The van der Waals surface area contributed by atoms with Crippen molar-refractivity contribution in [1.82, 2.24) is 14.8 Å².